The zero-order chi connectivity index (χ0) is 20.4. The fourth-order valence-electron chi connectivity index (χ4n) is 3.66. The Morgan fingerprint density at radius 3 is 2.62 bits per heavy atom. The molecule has 1 aliphatic rings. The van der Waals surface area contributed by atoms with Crippen LogP contribution in [-0.4, -0.2) is 73.1 Å². The van der Waals surface area contributed by atoms with Crippen molar-refractivity contribution >= 4 is 22.8 Å². The Kier molecular flexibility index (Phi) is 5.15. The molecular weight excluding hydrogens is 372 g/mol. The predicted octanol–water partition coefficient (Wildman–Crippen LogP) is 0.849. The van der Waals surface area contributed by atoms with Crippen LogP contribution < -0.4 is 5.32 Å². The predicted molar refractivity (Wildman–Crippen MR) is 106 cm³/mol. The Morgan fingerprint density at radius 1 is 1.17 bits per heavy atom. The van der Waals surface area contributed by atoms with E-state index in [0.717, 1.165) is 16.5 Å². The molecule has 10 heteroatoms. The summed E-state index contributed by atoms with van der Waals surface area (Å²) >= 11 is 0. The van der Waals surface area contributed by atoms with Gasteiger partial charge in [-0.05, 0) is 29.0 Å². The second-order valence-electron chi connectivity index (χ2n) is 7.24. The quantitative estimate of drug-likeness (QED) is 0.679. The number of aromatic amines is 1. The molecule has 0 radical (unpaired) electrons. The molecule has 0 bridgehead atoms. The zero-order valence-electron chi connectivity index (χ0n) is 16.5. The normalized spacial score (nSPS) is 15.5. The van der Waals surface area contributed by atoms with Crippen LogP contribution in [0.5, 0.6) is 0 Å². The lowest BCUT2D eigenvalue weighted by Gasteiger charge is -2.35. The van der Waals surface area contributed by atoms with E-state index in [2.05, 4.69) is 25.8 Å². The Bertz CT molecular complexity index is 1020. The smallest absolute Gasteiger partial charge is 0.318 e. The molecule has 4 rings (SSSR count). The van der Waals surface area contributed by atoms with Gasteiger partial charge in [0.25, 0.3) is 0 Å². The van der Waals surface area contributed by atoms with E-state index in [9.17, 15) is 9.59 Å². The molecule has 0 spiro atoms. The number of piperazine rings is 1. The molecule has 3 heterocycles. The van der Waals surface area contributed by atoms with Gasteiger partial charge in [0.05, 0.1) is 12.5 Å². The Balaban J connectivity index is 1.30. The number of H-pyrrole nitrogens is 1. The van der Waals surface area contributed by atoms with Gasteiger partial charge in [0.15, 0.2) is 5.82 Å². The average Bonchev–Trinajstić information content (AvgIpc) is 3.34. The molecular formula is C19H24N8O2. The first-order chi connectivity index (χ1) is 14.0. The zero-order valence-corrected chi connectivity index (χ0v) is 16.5. The van der Waals surface area contributed by atoms with Crippen molar-refractivity contribution in [2.75, 3.05) is 26.2 Å². The summed E-state index contributed by atoms with van der Waals surface area (Å²) < 4.78 is 1.53. The number of nitrogens with zero attached hydrogens (tertiary/aromatic N) is 6. The number of hydrogen-bond acceptors (Lipinski definition) is 5. The standard InChI is InChI=1S/C19H24N8O2/c1-13(18-22-23-24-25(18)2)21-19(29)27-9-7-26(8-10-27)17(28)11-14-12-20-16-6-4-3-5-15(14)16/h3-6,12-13,20H,7-11H2,1-2H3,(H,21,29). The SMILES string of the molecule is CC(NC(=O)N1CCN(C(=O)Cc2c[nH]c3ccccc23)CC1)c1nnnn1C. The maximum atomic E-state index is 12.7. The summed E-state index contributed by atoms with van der Waals surface area (Å²) in [6.45, 7) is 3.87. The molecule has 1 aliphatic heterocycles. The van der Waals surface area contributed by atoms with Gasteiger partial charge in [-0.15, -0.1) is 5.10 Å². The lowest BCUT2D eigenvalue weighted by molar-refractivity contribution is -0.131. The number of urea groups is 1. The van der Waals surface area contributed by atoms with Crippen LogP contribution in [0.4, 0.5) is 4.79 Å². The number of hydrogen-bond donors (Lipinski definition) is 2. The summed E-state index contributed by atoms with van der Waals surface area (Å²) in [6, 6.07) is 7.48. The summed E-state index contributed by atoms with van der Waals surface area (Å²) in [5.74, 6) is 0.666. The minimum absolute atomic E-state index is 0.0772. The van der Waals surface area contributed by atoms with E-state index < -0.39 is 0 Å². The largest absolute Gasteiger partial charge is 0.361 e. The number of aromatic nitrogens is 5. The van der Waals surface area contributed by atoms with Gasteiger partial charge in [-0.2, -0.15) is 0 Å². The van der Waals surface area contributed by atoms with E-state index in [1.54, 1.807) is 11.9 Å². The molecule has 1 saturated heterocycles. The van der Waals surface area contributed by atoms with Gasteiger partial charge in [-0.1, -0.05) is 18.2 Å². The summed E-state index contributed by atoms with van der Waals surface area (Å²) in [4.78, 5) is 32.0. The molecule has 1 unspecified atom stereocenters. The number of amides is 3. The highest BCUT2D eigenvalue weighted by molar-refractivity contribution is 5.89. The van der Waals surface area contributed by atoms with Crippen LogP contribution in [0, 0.1) is 0 Å². The first-order valence-corrected chi connectivity index (χ1v) is 9.63. The van der Waals surface area contributed by atoms with E-state index in [4.69, 9.17) is 0 Å². The highest BCUT2D eigenvalue weighted by Gasteiger charge is 2.26. The maximum Gasteiger partial charge on any atom is 0.318 e. The number of fused-ring (bicyclic) bond motifs is 1. The number of carbonyl (C=O) groups excluding carboxylic acids is 2. The number of aryl methyl sites for hydroxylation is 1. The molecule has 3 aromatic rings. The monoisotopic (exact) mass is 396 g/mol. The number of nitrogens with one attached hydrogen (secondary N) is 2. The summed E-state index contributed by atoms with van der Waals surface area (Å²) in [5, 5.41) is 15.3. The van der Waals surface area contributed by atoms with Gasteiger partial charge in [0.1, 0.15) is 0 Å². The summed E-state index contributed by atoms with van der Waals surface area (Å²) in [6.07, 6.45) is 2.25. The van der Waals surface area contributed by atoms with E-state index in [0.29, 0.717) is 38.4 Å². The molecule has 152 valence electrons. The van der Waals surface area contributed by atoms with E-state index in [1.165, 1.54) is 4.68 Å². The van der Waals surface area contributed by atoms with Gasteiger partial charge in [-0.3, -0.25) is 4.79 Å². The number of benzene rings is 1. The van der Waals surface area contributed by atoms with Gasteiger partial charge in [0.2, 0.25) is 5.91 Å². The van der Waals surface area contributed by atoms with Crippen molar-refractivity contribution in [3.05, 3.63) is 41.9 Å². The Hall–Kier alpha value is -3.43. The number of rotatable bonds is 4. The third kappa shape index (κ3) is 3.91. The van der Waals surface area contributed by atoms with Crippen LogP contribution in [0.1, 0.15) is 24.4 Å². The lowest BCUT2D eigenvalue weighted by Crippen LogP contribution is -2.53. The van der Waals surface area contributed by atoms with Gasteiger partial charge < -0.3 is 20.1 Å². The second kappa shape index (κ2) is 7.90. The Morgan fingerprint density at radius 2 is 1.90 bits per heavy atom. The molecule has 29 heavy (non-hydrogen) atoms. The fraction of sp³-hybridized carbons (Fsp3) is 0.421. The lowest BCUT2D eigenvalue weighted by atomic mass is 10.1. The molecule has 1 aromatic carbocycles. The molecule has 2 aromatic heterocycles. The summed E-state index contributed by atoms with van der Waals surface area (Å²) in [7, 11) is 1.73. The minimum Gasteiger partial charge on any atom is -0.361 e. The van der Waals surface area contributed by atoms with Crippen LogP contribution in [0.25, 0.3) is 10.9 Å². The highest BCUT2D eigenvalue weighted by atomic mass is 16.2. The third-order valence-electron chi connectivity index (χ3n) is 5.32. The van der Waals surface area contributed by atoms with E-state index >= 15 is 0 Å². The van der Waals surface area contributed by atoms with Crippen LogP contribution in [0.15, 0.2) is 30.5 Å². The van der Waals surface area contributed by atoms with Crippen LogP contribution in [0.3, 0.4) is 0 Å². The number of tetrazole rings is 1. The molecule has 1 atom stereocenters. The molecule has 2 N–H and O–H groups in total. The minimum atomic E-state index is -0.302. The molecule has 3 amide bonds. The Labute approximate surface area is 167 Å². The van der Waals surface area contributed by atoms with Crippen LogP contribution in [0.2, 0.25) is 0 Å². The fourth-order valence-corrected chi connectivity index (χ4v) is 3.66. The van der Waals surface area contributed by atoms with Crippen LogP contribution >= 0.6 is 0 Å². The average molecular weight is 396 g/mol. The van der Waals surface area contributed by atoms with Crippen LogP contribution in [-0.2, 0) is 18.3 Å². The van der Waals surface area contributed by atoms with Gasteiger partial charge in [-0.25, -0.2) is 9.48 Å². The van der Waals surface area contributed by atoms with Gasteiger partial charge in [0, 0.05) is 50.3 Å². The molecule has 10 nitrogen and oxygen atoms in total. The number of para-hydroxylation sites is 1. The van der Waals surface area contributed by atoms with Crippen molar-refractivity contribution in [3.8, 4) is 0 Å². The first-order valence-electron chi connectivity index (χ1n) is 9.63. The molecule has 1 fully saturated rings. The van der Waals surface area contributed by atoms with Crippen molar-refractivity contribution in [1.29, 1.82) is 0 Å². The van der Waals surface area contributed by atoms with E-state index in [1.807, 2.05) is 42.3 Å². The van der Waals surface area contributed by atoms with Crippen molar-refractivity contribution in [1.82, 2.24) is 40.3 Å². The van der Waals surface area contributed by atoms with Crippen molar-refractivity contribution in [3.63, 3.8) is 0 Å². The second-order valence-corrected chi connectivity index (χ2v) is 7.24. The van der Waals surface area contributed by atoms with E-state index in [-0.39, 0.29) is 18.0 Å². The number of carbonyl (C=O) groups is 2. The van der Waals surface area contributed by atoms with Gasteiger partial charge >= 0.3 is 6.03 Å². The summed E-state index contributed by atoms with van der Waals surface area (Å²) in [5.41, 5.74) is 2.03. The molecule has 0 saturated carbocycles. The highest BCUT2D eigenvalue weighted by Crippen LogP contribution is 2.19. The van der Waals surface area contributed by atoms with Crippen molar-refractivity contribution < 1.29 is 9.59 Å². The topological polar surface area (TPSA) is 112 Å². The maximum absolute atomic E-state index is 12.7. The van der Waals surface area contributed by atoms with Crippen molar-refractivity contribution in [2.24, 2.45) is 7.05 Å². The van der Waals surface area contributed by atoms with Crippen molar-refractivity contribution in [2.45, 2.75) is 19.4 Å². The molecule has 0 aliphatic carbocycles. The third-order valence-corrected chi connectivity index (χ3v) is 5.32. The first kappa shape index (κ1) is 18.9.